The van der Waals surface area contributed by atoms with Crippen molar-refractivity contribution in [3.05, 3.63) is 66.6 Å². The summed E-state index contributed by atoms with van der Waals surface area (Å²) in [6.45, 7) is 0.443. The average Bonchev–Trinajstić information content (AvgIpc) is 3.39. The van der Waals surface area contributed by atoms with Gasteiger partial charge < -0.3 is 5.32 Å². The molecular weight excluding hydrogens is 465 g/mol. The summed E-state index contributed by atoms with van der Waals surface area (Å²) in [4.78, 5) is 18.0. The number of hydrogen-bond acceptors (Lipinski definition) is 6. The molecule has 170 valence electrons. The van der Waals surface area contributed by atoms with Crippen molar-refractivity contribution in [1.29, 1.82) is 0 Å². The number of rotatable bonds is 5. The van der Waals surface area contributed by atoms with Crippen molar-refractivity contribution < 1.29 is 17.6 Å². The van der Waals surface area contributed by atoms with Crippen LogP contribution in [0, 0.1) is 11.7 Å². The van der Waals surface area contributed by atoms with Gasteiger partial charge in [0.2, 0.25) is 26.0 Å². The molecule has 8 nitrogen and oxygen atoms in total. The van der Waals surface area contributed by atoms with Crippen LogP contribution in [0.2, 0.25) is 0 Å². The molecule has 1 N–H and O–H groups in total. The van der Waals surface area contributed by atoms with Gasteiger partial charge in [-0.1, -0.05) is 41.7 Å². The third kappa shape index (κ3) is 4.39. The number of nitrogens with zero attached hydrogens (tertiary/aromatic N) is 4. The van der Waals surface area contributed by atoms with E-state index >= 15 is 0 Å². The molecule has 4 aromatic rings. The molecular formula is C22H20FN5O3S2. The Kier molecular flexibility index (Phi) is 5.69. The maximum absolute atomic E-state index is 13.1. The lowest BCUT2D eigenvalue weighted by Crippen LogP contribution is -2.41. The van der Waals surface area contributed by atoms with Gasteiger partial charge in [-0.05, 0) is 37.1 Å². The molecule has 0 aliphatic carbocycles. The summed E-state index contributed by atoms with van der Waals surface area (Å²) >= 11 is 1.28. The summed E-state index contributed by atoms with van der Waals surface area (Å²) in [5.41, 5.74) is 1.80. The molecule has 0 spiro atoms. The molecule has 1 saturated heterocycles. The standard InChI is InChI=1S/C22H20FN5O3S2/c23-17-6-8-18(9-7-17)33(30,31)27-12-10-16(11-13-27)20(29)25-21-26-28-14-19(24-22(28)32-21)15-4-2-1-3-5-15/h1-9,14,16H,10-13H2,(H,25,26,29). The normalized spacial score (nSPS) is 15.7. The van der Waals surface area contributed by atoms with Crippen LogP contribution in [-0.4, -0.2) is 46.3 Å². The van der Waals surface area contributed by atoms with E-state index in [0.29, 0.717) is 22.9 Å². The topological polar surface area (TPSA) is 96.7 Å². The molecule has 33 heavy (non-hydrogen) atoms. The highest BCUT2D eigenvalue weighted by atomic mass is 32.2. The molecule has 1 amide bonds. The van der Waals surface area contributed by atoms with Gasteiger partial charge in [0, 0.05) is 24.6 Å². The van der Waals surface area contributed by atoms with Gasteiger partial charge in [-0.3, -0.25) is 4.79 Å². The number of nitrogens with one attached hydrogen (secondary N) is 1. The first kappa shape index (κ1) is 21.7. The zero-order valence-corrected chi connectivity index (χ0v) is 19.0. The Balaban J connectivity index is 1.21. The highest BCUT2D eigenvalue weighted by Crippen LogP contribution is 2.27. The van der Waals surface area contributed by atoms with Crippen LogP contribution >= 0.6 is 11.3 Å². The van der Waals surface area contributed by atoms with E-state index in [1.807, 2.05) is 36.5 Å². The predicted octanol–water partition coefficient (Wildman–Crippen LogP) is 3.64. The number of carbonyl (C=O) groups is 1. The molecule has 5 rings (SSSR count). The van der Waals surface area contributed by atoms with Gasteiger partial charge in [0.1, 0.15) is 5.82 Å². The highest BCUT2D eigenvalue weighted by molar-refractivity contribution is 7.89. The largest absolute Gasteiger partial charge is 0.300 e. The average molecular weight is 486 g/mol. The van der Waals surface area contributed by atoms with E-state index in [9.17, 15) is 17.6 Å². The van der Waals surface area contributed by atoms with E-state index in [4.69, 9.17) is 0 Å². The zero-order chi connectivity index (χ0) is 23.0. The maximum atomic E-state index is 13.1. The summed E-state index contributed by atoms with van der Waals surface area (Å²) in [5, 5.41) is 7.68. The smallest absolute Gasteiger partial charge is 0.243 e. The zero-order valence-electron chi connectivity index (χ0n) is 17.4. The SMILES string of the molecule is O=C(Nc1nn2cc(-c3ccccc3)nc2s1)C1CCN(S(=O)(=O)c2ccc(F)cc2)CC1. The van der Waals surface area contributed by atoms with Crippen LogP contribution in [0.4, 0.5) is 9.52 Å². The lowest BCUT2D eigenvalue weighted by molar-refractivity contribution is -0.120. The predicted molar refractivity (Wildman–Crippen MR) is 123 cm³/mol. The Morgan fingerprint density at radius 1 is 1.06 bits per heavy atom. The summed E-state index contributed by atoms with van der Waals surface area (Å²) in [6, 6.07) is 14.5. The quantitative estimate of drug-likeness (QED) is 0.466. The molecule has 0 bridgehead atoms. The monoisotopic (exact) mass is 485 g/mol. The Hall–Kier alpha value is -3.15. The molecule has 0 unspecified atom stereocenters. The molecule has 1 aliphatic rings. The molecule has 0 radical (unpaired) electrons. The third-order valence-corrected chi connectivity index (χ3v) is 8.37. The molecule has 1 aliphatic heterocycles. The van der Waals surface area contributed by atoms with Crippen molar-refractivity contribution in [2.24, 2.45) is 5.92 Å². The van der Waals surface area contributed by atoms with Crippen molar-refractivity contribution in [2.45, 2.75) is 17.7 Å². The summed E-state index contributed by atoms with van der Waals surface area (Å²) in [6.07, 6.45) is 2.61. The van der Waals surface area contributed by atoms with Gasteiger partial charge in [-0.2, -0.15) is 4.31 Å². The minimum atomic E-state index is -3.71. The van der Waals surface area contributed by atoms with Crippen LogP contribution in [0.15, 0.2) is 65.7 Å². The third-order valence-electron chi connectivity index (χ3n) is 5.62. The lowest BCUT2D eigenvalue weighted by Gasteiger charge is -2.30. The number of piperidine rings is 1. The Bertz CT molecular complexity index is 1360. The van der Waals surface area contributed by atoms with Gasteiger partial charge in [0.05, 0.1) is 16.8 Å². The van der Waals surface area contributed by atoms with E-state index in [1.165, 1.54) is 27.8 Å². The van der Waals surface area contributed by atoms with E-state index in [1.54, 1.807) is 4.52 Å². The Morgan fingerprint density at radius 3 is 2.42 bits per heavy atom. The molecule has 1 fully saturated rings. The second-order valence-electron chi connectivity index (χ2n) is 7.75. The van der Waals surface area contributed by atoms with Crippen molar-refractivity contribution in [2.75, 3.05) is 18.4 Å². The Morgan fingerprint density at radius 2 is 1.76 bits per heavy atom. The number of sulfonamides is 1. The van der Waals surface area contributed by atoms with Crippen LogP contribution in [0.5, 0.6) is 0 Å². The van der Waals surface area contributed by atoms with Gasteiger partial charge in [-0.25, -0.2) is 22.3 Å². The number of amides is 1. The number of aromatic nitrogens is 3. The fraction of sp³-hybridized carbons (Fsp3) is 0.227. The summed E-state index contributed by atoms with van der Waals surface area (Å²) in [5.74, 6) is -0.995. The van der Waals surface area contributed by atoms with Crippen molar-refractivity contribution >= 4 is 37.4 Å². The highest BCUT2D eigenvalue weighted by Gasteiger charge is 2.32. The molecule has 11 heteroatoms. The number of anilines is 1. The van der Waals surface area contributed by atoms with E-state index in [-0.39, 0.29) is 29.8 Å². The van der Waals surface area contributed by atoms with E-state index in [0.717, 1.165) is 23.4 Å². The number of imidazole rings is 1. The van der Waals surface area contributed by atoms with Crippen LogP contribution in [0.25, 0.3) is 16.2 Å². The molecule has 2 aromatic heterocycles. The van der Waals surface area contributed by atoms with Crippen LogP contribution in [0.3, 0.4) is 0 Å². The summed E-state index contributed by atoms with van der Waals surface area (Å²) in [7, 11) is -3.71. The first-order chi connectivity index (χ1) is 15.9. The summed E-state index contributed by atoms with van der Waals surface area (Å²) < 4.78 is 41.6. The van der Waals surface area contributed by atoms with Gasteiger partial charge in [0.25, 0.3) is 0 Å². The number of hydrogen-bond donors (Lipinski definition) is 1. The Labute approximate surface area is 193 Å². The number of fused-ring (bicyclic) bond motifs is 1. The lowest BCUT2D eigenvalue weighted by atomic mass is 9.97. The molecule has 0 saturated carbocycles. The second kappa shape index (κ2) is 8.65. The van der Waals surface area contributed by atoms with Crippen molar-refractivity contribution in [3.8, 4) is 11.3 Å². The van der Waals surface area contributed by atoms with Gasteiger partial charge >= 0.3 is 0 Å². The first-order valence-electron chi connectivity index (χ1n) is 10.4. The fourth-order valence-corrected chi connectivity index (χ4v) is 6.07. The number of benzene rings is 2. The van der Waals surface area contributed by atoms with E-state index < -0.39 is 15.8 Å². The van der Waals surface area contributed by atoms with Crippen molar-refractivity contribution in [3.63, 3.8) is 0 Å². The second-order valence-corrected chi connectivity index (χ2v) is 10.6. The van der Waals surface area contributed by atoms with Crippen molar-refractivity contribution in [1.82, 2.24) is 18.9 Å². The number of halogens is 1. The minimum absolute atomic E-state index is 0.0489. The first-order valence-corrected chi connectivity index (χ1v) is 12.6. The van der Waals surface area contributed by atoms with Gasteiger partial charge in [-0.15, -0.1) is 5.10 Å². The minimum Gasteiger partial charge on any atom is -0.300 e. The number of carbonyl (C=O) groups excluding carboxylic acids is 1. The van der Waals surface area contributed by atoms with Crippen LogP contribution in [0.1, 0.15) is 12.8 Å². The molecule has 3 heterocycles. The molecule has 0 atom stereocenters. The van der Waals surface area contributed by atoms with Crippen LogP contribution in [-0.2, 0) is 14.8 Å². The molecule has 2 aromatic carbocycles. The maximum Gasteiger partial charge on any atom is 0.243 e. The van der Waals surface area contributed by atoms with Gasteiger partial charge in [0.15, 0.2) is 0 Å². The fourth-order valence-electron chi connectivity index (χ4n) is 3.82. The van der Waals surface area contributed by atoms with Crippen LogP contribution < -0.4 is 5.32 Å². The van der Waals surface area contributed by atoms with E-state index in [2.05, 4.69) is 15.4 Å².